The lowest BCUT2D eigenvalue weighted by atomic mass is 10.2. The van der Waals surface area contributed by atoms with Crippen LogP contribution in [0.1, 0.15) is 32.6 Å². The fourth-order valence-electron chi connectivity index (χ4n) is 1.88. The number of hydrogen-bond acceptors (Lipinski definition) is 3. The Balaban J connectivity index is 2.44. The van der Waals surface area contributed by atoms with Gasteiger partial charge in [-0.05, 0) is 19.3 Å². The quantitative estimate of drug-likeness (QED) is 0.734. The Morgan fingerprint density at radius 3 is 2.88 bits per heavy atom. The summed E-state index contributed by atoms with van der Waals surface area (Å²) < 4.78 is 4.65. The van der Waals surface area contributed by atoms with Crippen LogP contribution in [0.2, 0.25) is 0 Å². The second-order valence-corrected chi connectivity index (χ2v) is 3.97. The highest BCUT2D eigenvalue weighted by molar-refractivity contribution is 5.86. The number of carbonyl (C=O) groups excluding carboxylic acids is 2. The molecule has 2 amide bonds. The number of nitrogens with zero attached hydrogens (tertiary/aromatic N) is 1. The molecule has 1 saturated heterocycles. The summed E-state index contributed by atoms with van der Waals surface area (Å²) in [6, 6.07) is -0.343. The largest absolute Gasteiger partial charge is 0.453 e. The third kappa shape index (κ3) is 3.12. The first-order chi connectivity index (χ1) is 7.70. The van der Waals surface area contributed by atoms with Gasteiger partial charge in [-0.3, -0.25) is 9.69 Å². The monoisotopic (exact) mass is 228 g/mol. The summed E-state index contributed by atoms with van der Waals surface area (Å²) in [5.74, 6) is -0.0589. The molecule has 1 fully saturated rings. The molecule has 1 N–H and O–H groups in total. The highest BCUT2D eigenvalue weighted by atomic mass is 16.5. The number of methoxy groups -OCH3 is 1. The van der Waals surface area contributed by atoms with Crippen molar-refractivity contribution < 1.29 is 14.3 Å². The van der Waals surface area contributed by atoms with E-state index in [4.69, 9.17) is 0 Å². The van der Waals surface area contributed by atoms with Crippen LogP contribution in [0.25, 0.3) is 0 Å². The summed E-state index contributed by atoms with van der Waals surface area (Å²) in [5, 5.41) is 2.85. The molecule has 1 aliphatic rings. The first-order valence-electron chi connectivity index (χ1n) is 5.83. The van der Waals surface area contributed by atoms with Gasteiger partial charge >= 0.3 is 6.09 Å². The second-order valence-electron chi connectivity index (χ2n) is 3.97. The summed E-state index contributed by atoms with van der Waals surface area (Å²) in [4.78, 5) is 24.7. The van der Waals surface area contributed by atoms with E-state index in [0.29, 0.717) is 13.1 Å². The van der Waals surface area contributed by atoms with Crippen molar-refractivity contribution in [3.63, 3.8) is 0 Å². The normalized spacial score (nSPS) is 19.6. The minimum Gasteiger partial charge on any atom is -0.453 e. The van der Waals surface area contributed by atoms with E-state index < -0.39 is 6.09 Å². The Hall–Kier alpha value is -1.26. The number of carbonyl (C=O) groups is 2. The first kappa shape index (κ1) is 12.8. The van der Waals surface area contributed by atoms with Gasteiger partial charge in [0.05, 0.1) is 7.11 Å². The van der Waals surface area contributed by atoms with E-state index in [1.807, 2.05) is 0 Å². The number of nitrogens with one attached hydrogen (secondary N) is 1. The van der Waals surface area contributed by atoms with E-state index in [0.717, 1.165) is 25.7 Å². The summed E-state index contributed by atoms with van der Waals surface area (Å²) in [6.07, 6.45) is 3.20. The number of ether oxygens (including phenoxy) is 1. The molecule has 0 saturated carbocycles. The SMILES string of the molecule is CCCCNC(=O)C1CCCN1C(=O)OC. The summed E-state index contributed by atoms with van der Waals surface area (Å²) in [7, 11) is 1.34. The van der Waals surface area contributed by atoms with Gasteiger partial charge < -0.3 is 10.1 Å². The van der Waals surface area contributed by atoms with Crippen molar-refractivity contribution in [1.29, 1.82) is 0 Å². The van der Waals surface area contributed by atoms with E-state index >= 15 is 0 Å². The standard InChI is InChI=1S/C11H20N2O3/c1-3-4-7-12-10(14)9-6-5-8-13(9)11(15)16-2/h9H,3-8H2,1-2H3,(H,12,14). The van der Waals surface area contributed by atoms with Gasteiger partial charge in [0.2, 0.25) is 5.91 Å². The average Bonchev–Trinajstić information content (AvgIpc) is 2.77. The number of unbranched alkanes of at least 4 members (excludes halogenated alkanes) is 1. The zero-order valence-electron chi connectivity index (χ0n) is 9.99. The minimum absolute atomic E-state index is 0.0589. The van der Waals surface area contributed by atoms with Crippen molar-refractivity contribution in [3.05, 3.63) is 0 Å². The number of amides is 2. The van der Waals surface area contributed by atoms with Crippen LogP contribution in [-0.4, -0.2) is 43.1 Å². The van der Waals surface area contributed by atoms with Gasteiger partial charge in [0.1, 0.15) is 6.04 Å². The van der Waals surface area contributed by atoms with Crippen molar-refractivity contribution in [2.24, 2.45) is 0 Å². The van der Waals surface area contributed by atoms with E-state index in [-0.39, 0.29) is 11.9 Å². The van der Waals surface area contributed by atoms with Crippen LogP contribution >= 0.6 is 0 Å². The maximum atomic E-state index is 11.8. The van der Waals surface area contributed by atoms with Crippen molar-refractivity contribution >= 4 is 12.0 Å². The first-order valence-corrected chi connectivity index (χ1v) is 5.83. The fourth-order valence-corrected chi connectivity index (χ4v) is 1.88. The topological polar surface area (TPSA) is 58.6 Å². The van der Waals surface area contributed by atoms with Crippen LogP contribution in [0.4, 0.5) is 4.79 Å². The molecule has 1 rings (SSSR count). The Morgan fingerprint density at radius 2 is 2.25 bits per heavy atom. The molecular weight excluding hydrogens is 208 g/mol. The molecule has 92 valence electrons. The molecule has 1 unspecified atom stereocenters. The number of likely N-dealkylation sites (tertiary alicyclic amines) is 1. The van der Waals surface area contributed by atoms with Gasteiger partial charge in [0.15, 0.2) is 0 Å². The maximum absolute atomic E-state index is 11.8. The Kier molecular flexibility index (Phi) is 5.08. The molecule has 0 aromatic heterocycles. The minimum atomic E-state index is -0.409. The molecule has 5 heteroatoms. The molecule has 0 bridgehead atoms. The molecule has 16 heavy (non-hydrogen) atoms. The lowest BCUT2D eigenvalue weighted by Gasteiger charge is -2.22. The smallest absolute Gasteiger partial charge is 0.410 e. The van der Waals surface area contributed by atoms with Crippen LogP contribution in [0.3, 0.4) is 0 Å². The van der Waals surface area contributed by atoms with Crippen LogP contribution in [-0.2, 0) is 9.53 Å². The van der Waals surface area contributed by atoms with Crippen molar-refractivity contribution in [2.45, 2.75) is 38.6 Å². The zero-order valence-corrected chi connectivity index (χ0v) is 9.99. The molecule has 1 aliphatic heterocycles. The molecule has 0 aromatic carbocycles. The third-order valence-corrected chi connectivity index (χ3v) is 2.79. The molecule has 0 aromatic rings. The van der Waals surface area contributed by atoms with Crippen LogP contribution in [0, 0.1) is 0 Å². The van der Waals surface area contributed by atoms with Gasteiger partial charge in [-0.15, -0.1) is 0 Å². The number of rotatable bonds is 4. The highest BCUT2D eigenvalue weighted by Crippen LogP contribution is 2.18. The van der Waals surface area contributed by atoms with Gasteiger partial charge in [-0.2, -0.15) is 0 Å². The second kappa shape index (κ2) is 6.35. The summed E-state index contributed by atoms with van der Waals surface area (Å²) >= 11 is 0. The van der Waals surface area contributed by atoms with E-state index in [1.165, 1.54) is 12.0 Å². The van der Waals surface area contributed by atoms with Crippen LogP contribution in [0.5, 0.6) is 0 Å². The van der Waals surface area contributed by atoms with E-state index in [1.54, 1.807) is 0 Å². The lowest BCUT2D eigenvalue weighted by molar-refractivity contribution is -0.125. The van der Waals surface area contributed by atoms with Gasteiger partial charge in [0, 0.05) is 13.1 Å². The predicted molar refractivity (Wildman–Crippen MR) is 60.1 cm³/mol. The Labute approximate surface area is 96.1 Å². The van der Waals surface area contributed by atoms with Crippen LogP contribution in [0.15, 0.2) is 0 Å². The van der Waals surface area contributed by atoms with Crippen molar-refractivity contribution in [1.82, 2.24) is 10.2 Å². The number of hydrogen-bond donors (Lipinski definition) is 1. The van der Waals surface area contributed by atoms with E-state index in [9.17, 15) is 9.59 Å². The molecule has 0 radical (unpaired) electrons. The van der Waals surface area contributed by atoms with Crippen LogP contribution < -0.4 is 5.32 Å². The maximum Gasteiger partial charge on any atom is 0.410 e. The van der Waals surface area contributed by atoms with Gasteiger partial charge in [-0.25, -0.2) is 4.79 Å². The fraction of sp³-hybridized carbons (Fsp3) is 0.818. The van der Waals surface area contributed by atoms with E-state index in [2.05, 4.69) is 17.0 Å². The van der Waals surface area contributed by atoms with Gasteiger partial charge in [0.25, 0.3) is 0 Å². The predicted octanol–water partition coefficient (Wildman–Crippen LogP) is 1.13. The molecule has 1 heterocycles. The Bertz CT molecular complexity index is 256. The average molecular weight is 228 g/mol. The molecule has 1 atom stereocenters. The summed E-state index contributed by atoms with van der Waals surface area (Å²) in [6.45, 7) is 3.36. The molecule has 5 nitrogen and oxygen atoms in total. The third-order valence-electron chi connectivity index (χ3n) is 2.79. The Morgan fingerprint density at radius 1 is 1.50 bits per heavy atom. The molecule has 0 spiro atoms. The zero-order chi connectivity index (χ0) is 12.0. The highest BCUT2D eigenvalue weighted by Gasteiger charge is 2.34. The van der Waals surface area contributed by atoms with Gasteiger partial charge in [-0.1, -0.05) is 13.3 Å². The lowest BCUT2D eigenvalue weighted by Crippen LogP contribution is -2.46. The van der Waals surface area contributed by atoms with Crippen molar-refractivity contribution in [2.75, 3.05) is 20.2 Å². The van der Waals surface area contributed by atoms with Crippen molar-refractivity contribution in [3.8, 4) is 0 Å². The molecule has 0 aliphatic carbocycles. The molecular formula is C11H20N2O3. The summed E-state index contributed by atoms with van der Waals surface area (Å²) in [5.41, 5.74) is 0.